The number of nitrogen functional groups attached to an aromatic ring is 1. The third kappa shape index (κ3) is 2.83. The minimum absolute atomic E-state index is 0.155. The maximum atomic E-state index is 6.00. The largest absolute Gasteiger partial charge is 0.398 e. The quantitative estimate of drug-likeness (QED) is 0.765. The molecular weight excluding hydrogens is 262 g/mol. The molecule has 0 spiro atoms. The summed E-state index contributed by atoms with van der Waals surface area (Å²) in [5, 5.41) is 3.33. The van der Waals surface area contributed by atoms with E-state index in [2.05, 4.69) is 32.4 Å². The Hall–Kier alpha value is -2.53. The summed E-state index contributed by atoms with van der Waals surface area (Å²) in [4.78, 5) is 12.8. The van der Waals surface area contributed by atoms with Crippen molar-refractivity contribution in [3.63, 3.8) is 0 Å². The van der Waals surface area contributed by atoms with E-state index in [0.29, 0.717) is 0 Å². The van der Waals surface area contributed by atoms with E-state index in [4.69, 9.17) is 5.73 Å². The van der Waals surface area contributed by atoms with Crippen molar-refractivity contribution >= 4 is 16.7 Å². The zero-order valence-corrected chi connectivity index (χ0v) is 11.8. The van der Waals surface area contributed by atoms with E-state index < -0.39 is 0 Å². The highest BCUT2D eigenvalue weighted by atomic mass is 14.9. The Kier molecular flexibility index (Phi) is 3.75. The highest BCUT2D eigenvalue weighted by Gasteiger charge is 2.13. The fourth-order valence-electron chi connectivity index (χ4n) is 2.41. The van der Waals surface area contributed by atoms with E-state index in [1.165, 1.54) is 0 Å². The van der Waals surface area contributed by atoms with Crippen molar-refractivity contribution in [1.29, 1.82) is 0 Å². The lowest BCUT2D eigenvalue weighted by atomic mass is 9.98. The van der Waals surface area contributed by atoms with Gasteiger partial charge in [0.2, 0.25) is 0 Å². The molecule has 3 N–H and O–H groups in total. The Labute approximate surface area is 123 Å². The van der Waals surface area contributed by atoms with Gasteiger partial charge < -0.3 is 11.1 Å². The van der Waals surface area contributed by atoms with Crippen molar-refractivity contribution < 1.29 is 0 Å². The molecule has 5 nitrogen and oxygen atoms in total. The predicted molar refractivity (Wildman–Crippen MR) is 83.7 cm³/mol. The van der Waals surface area contributed by atoms with E-state index in [9.17, 15) is 0 Å². The number of anilines is 1. The fourth-order valence-corrected chi connectivity index (χ4v) is 2.41. The number of aromatic nitrogens is 3. The second-order valence-corrected chi connectivity index (χ2v) is 4.92. The van der Waals surface area contributed by atoms with Crippen LogP contribution in [0, 0.1) is 0 Å². The van der Waals surface area contributed by atoms with Crippen molar-refractivity contribution in [3.05, 3.63) is 60.2 Å². The summed E-state index contributed by atoms with van der Waals surface area (Å²) in [7, 11) is 1.94. The van der Waals surface area contributed by atoms with Crippen molar-refractivity contribution in [2.75, 3.05) is 12.8 Å². The lowest BCUT2D eigenvalue weighted by Crippen LogP contribution is -2.19. The number of rotatable bonds is 4. The standard InChI is InChI=1S/C16H17N5/c1-18-15(9-12-10-19-5-4-13(12)17)11-2-3-14-16(8-11)21-7-6-20-14/h2-8,10,15,18H,9H2,1H3,(H2,17,19). The van der Waals surface area contributed by atoms with Crippen molar-refractivity contribution in [2.45, 2.75) is 12.5 Å². The van der Waals surface area contributed by atoms with Gasteiger partial charge in [0, 0.05) is 36.5 Å². The third-order valence-electron chi connectivity index (χ3n) is 3.61. The second kappa shape index (κ2) is 5.85. The molecule has 0 saturated heterocycles. The molecule has 0 aliphatic carbocycles. The van der Waals surface area contributed by atoms with E-state index in [1.54, 1.807) is 18.6 Å². The summed E-state index contributed by atoms with van der Waals surface area (Å²) in [5.41, 5.74) is 10.8. The Morgan fingerprint density at radius 3 is 2.67 bits per heavy atom. The first-order valence-electron chi connectivity index (χ1n) is 6.84. The summed E-state index contributed by atoms with van der Waals surface area (Å²) in [5.74, 6) is 0. The van der Waals surface area contributed by atoms with Gasteiger partial charge in [0.05, 0.1) is 11.0 Å². The van der Waals surface area contributed by atoms with Crippen LogP contribution in [0.4, 0.5) is 5.69 Å². The molecule has 1 aromatic carbocycles. The molecule has 0 aliphatic rings. The van der Waals surface area contributed by atoms with Gasteiger partial charge in [0.1, 0.15) is 0 Å². The van der Waals surface area contributed by atoms with Crippen LogP contribution in [0.1, 0.15) is 17.2 Å². The average Bonchev–Trinajstić information content (AvgIpc) is 2.54. The molecule has 1 atom stereocenters. The second-order valence-electron chi connectivity index (χ2n) is 4.92. The molecule has 21 heavy (non-hydrogen) atoms. The molecule has 0 fully saturated rings. The van der Waals surface area contributed by atoms with Crippen LogP contribution in [0.3, 0.4) is 0 Å². The van der Waals surface area contributed by atoms with Gasteiger partial charge in [-0.1, -0.05) is 6.07 Å². The summed E-state index contributed by atoms with van der Waals surface area (Å²) in [6.07, 6.45) is 7.72. The monoisotopic (exact) mass is 279 g/mol. The van der Waals surface area contributed by atoms with Gasteiger partial charge in [-0.25, -0.2) is 0 Å². The molecular formula is C16H17N5. The van der Waals surface area contributed by atoms with Crippen molar-refractivity contribution in [1.82, 2.24) is 20.3 Å². The molecule has 0 saturated carbocycles. The number of benzene rings is 1. The summed E-state index contributed by atoms with van der Waals surface area (Å²) >= 11 is 0. The van der Waals surface area contributed by atoms with Crippen LogP contribution >= 0.6 is 0 Å². The average molecular weight is 279 g/mol. The van der Waals surface area contributed by atoms with Crippen LogP contribution in [-0.2, 0) is 6.42 Å². The Morgan fingerprint density at radius 1 is 1.10 bits per heavy atom. The molecule has 3 aromatic rings. The van der Waals surface area contributed by atoms with Gasteiger partial charge in [-0.05, 0) is 42.8 Å². The zero-order chi connectivity index (χ0) is 14.7. The highest BCUT2D eigenvalue weighted by molar-refractivity contribution is 5.74. The van der Waals surface area contributed by atoms with Crippen LogP contribution in [0.25, 0.3) is 11.0 Å². The summed E-state index contributed by atoms with van der Waals surface area (Å²) in [6.45, 7) is 0. The molecule has 0 bridgehead atoms. The molecule has 2 aromatic heterocycles. The van der Waals surface area contributed by atoms with E-state index in [1.807, 2.05) is 25.4 Å². The topological polar surface area (TPSA) is 76.7 Å². The molecule has 5 heteroatoms. The number of nitrogens with one attached hydrogen (secondary N) is 1. The summed E-state index contributed by atoms with van der Waals surface area (Å²) < 4.78 is 0. The lowest BCUT2D eigenvalue weighted by Gasteiger charge is -2.18. The maximum absolute atomic E-state index is 6.00. The normalized spacial score (nSPS) is 12.4. The maximum Gasteiger partial charge on any atom is 0.0890 e. The Balaban J connectivity index is 1.93. The van der Waals surface area contributed by atoms with E-state index in [0.717, 1.165) is 34.3 Å². The van der Waals surface area contributed by atoms with Crippen LogP contribution in [0.2, 0.25) is 0 Å². The van der Waals surface area contributed by atoms with Crippen molar-refractivity contribution in [3.8, 4) is 0 Å². The molecule has 0 amide bonds. The van der Waals surface area contributed by atoms with Gasteiger partial charge in [0.25, 0.3) is 0 Å². The minimum Gasteiger partial charge on any atom is -0.398 e. The minimum atomic E-state index is 0.155. The molecule has 3 rings (SSSR count). The molecule has 1 unspecified atom stereocenters. The van der Waals surface area contributed by atoms with E-state index >= 15 is 0 Å². The first-order chi connectivity index (χ1) is 10.3. The first kappa shape index (κ1) is 13.5. The Bertz CT molecular complexity index is 756. The molecule has 2 heterocycles. The lowest BCUT2D eigenvalue weighted by molar-refractivity contribution is 0.592. The third-order valence-corrected chi connectivity index (χ3v) is 3.61. The van der Waals surface area contributed by atoms with Crippen LogP contribution in [-0.4, -0.2) is 22.0 Å². The number of pyridine rings is 1. The zero-order valence-electron chi connectivity index (χ0n) is 11.8. The van der Waals surface area contributed by atoms with Gasteiger partial charge >= 0.3 is 0 Å². The van der Waals surface area contributed by atoms with Gasteiger partial charge in [-0.15, -0.1) is 0 Å². The number of hydrogen-bond acceptors (Lipinski definition) is 5. The van der Waals surface area contributed by atoms with E-state index in [-0.39, 0.29) is 6.04 Å². The highest BCUT2D eigenvalue weighted by Crippen LogP contribution is 2.23. The smallest absolute Gasteiger partial charge is 0.0890 e. The predicted octanol–water partition coefficient (Wildman–Crippen LogP) is 2.11. The van der Waals surface area contributed by atoms with Crippen molar-refractivity contribution in [2.24, 2.45) is 0 Å². The number of hydrogen-bond donors (Lipinski definition) is 2. The summed E-state index contributed by atoms with van der Waals surface area (Å²) in [6, 6.07) is 8.12. The Morgan fingerprint density at radius 2 is 1.90 bits per heavy atom. The number of likely N-dealkylation sites (N-methyl/N-ethyl adjacent to an activating group) is 1. The fraction of sp³-hybridized carbons (Fsp3) is 0.188. The van der Waals surface area contributed by atoms with Gasteiger partial charge in [0.15, 0.2) is 0 Å². The van der Waals surface area contributed by atoms with Crippen LogP contribution in [0.15, 0.2) is 49.1 Å². The number of nitrogens with zero attached hydrogens (tertiary/aromatic N) is 3. The number of fused-ring (bicyclic) bond motifs is 1. The van der Waals surface area contributed by atoms with Gasteiger partial charge in [-0.2, -0.15) is 0 Å². The number of nitrogens with two attached hydrogens (primary N) is 1. The SMILES string of the molecule is CNC(Cc1cnccc1N)c1ccc2nccnc2c1. The molecule has 0 aliphatic heterocycles. The van der Waals surface area contributed by atoms with Crippen LogP contribution < -0.4 is 11.1 Å². The van der Waals surface area contributed by atoms with Crippen LogP contribution in [0.5, 0.6) is 0 Å². The first-order valence-corrected chi connectivity index (χ1v) is 6.84. The molecule has 0 radical (unpaired) electrons. The molecule has 106 valence electrons. The van der Waals surface area contributed by atoms with Gasteiger partial charge in [-0.3, -0.25) is 15.0 Å².